The van der Waals surface area contributed by atoms with Crippen molar-refractivity contribution in [2.45, 2.75) is 25.2 Å². The number of benzene rings is 1. The van der Waals surface area contributed by atoms with Crippen LogP contribution in [-0.2, 0) is 4.79 Å². The zero-order chi connectivity index (χ0) is 19.8. The van der Waals surface area contributed by atoms with Gasteiger partial charge in [0.2, 0.25) is 5.91 Å². The van der Waals surface area contributed by atoms with Gasteiger partial charge in [0.05, 0.1) is 17.1 Å². The summed E-state index contributed by atoms with van der Waals surface area (Å²) in [5, 5.41) is 20.0. The minimum absolute atomic E-state index is 0.116. The van der Waals surface area contributed by atoms with Crippen LogP contribution < -0.4 is 14.7 Å². The molecular formula is C20H18N4O2S2. The molecule has 0 spiro atoms. The van der Waals surface area contributed by atoms with Gasteiger partial charge in [-0.15, -0.1) is 17.9 Å². The van der Waals surface area contributed by atoms with Crippen LogP contribution in [0, 0.1) is 6.92 Å². The number of hydrogen-bond donors (Lipinski definition) is 0. The van der Waals surface area contributed by atoms with Crippen LogP contribution in [0.5, 0.6) is 5.88 Å². The third-order valence-corrected chi connectivity index (χ3v) is 6.42. The Hall–Kier alpha value is -2.71. The van der Waals surface area contributed by atoms with E-state index in [9.17, 15) is 9.90 Å². The van der Waals surface area contributed by atoms with Crippen molar-refractivity contribution in [3.63, 3.8) is 0 Å². The molecule has 0 saturated heterocycles. The van der Waals surface area contributed by atoms with Gasteiger partial charge in [0, 0.05) is 17.8 Å². The molecule has 0 bridgehead atoms. The Morgan fingerprint density at radius 3 is 2.89 bits per heavy atom. The Kier molecular flexibility index (Phi) is 4.91. The van der Waals surface area contributed by atoms with Crippen LogP contribution in [0.2, 0.25) is 0 Å². The van der Waals surface area contributed by atoms with Gasteiger partial charge in [0.25, 0.3) is 10.9 Å². The number of carbonyl (C=O) groups is 1. The molecule has 1 amide bonds. The molecular weight excluding hydrogens is 392 g/mol. The summed E-state index contributed by atoms with van der Waals surface area (Å²) in [6, 6.07) is 9.40. The van der Waals surface area contributed by atoms with Crippen molar-refractivity contribution in [3.05, 3.63) is 58.8 Å². The lowest BCUT2D eigenvalue weighted by Crippen LogP contribution is -2.58. The smallest absolute Gasteiger partial charge is 0.302 e. The van der Waals surface area contributed by atoms with Gasteiger partial charge < -0.3 is 5.11 Å². The predicted molar refractivity (Wildman–Crippen MR) is 108 cm³/mol. The molecule has 3 heterocycles. The Morgan fingerprint density at radius 2 is 2.21 bits per heavy atom. The van der Waals surface area contributed by atoms with E-state index in [1.54, 1.807) is 27.0 Å². The van der Waals surface area contributed by atoms with Gasteiger partial charge in [-0.25, -0.2) is 9.88 Å². The van der Waals surface area contributed by atoms with Crippen molar-refractivity contribution in [3.8, 4) is 17.1 Å². The average molecular weight is 411 g/mol. The minimum Gasteiger partial charge on any atom is -0.854 e. The zero-order valence-electron chi connectivity index (χ0n) is 15.5. The number of fused-ring (bicyclic) bond motifs is 3. The summed E-state index contributed by atoms with van der Waals surface area (Å²) >= 11 is 2.89. The first kappa shape index (κ1) is 18.6. The lowest BCUT2D eigenvalue weighted by Gasteiger charge is -2.32. The van der Waals surface area contributed by atoms with Gasteiger partial charge >= 0.3 is 6.17 Å². The topological polar surface area (TPSA) is 73.0 Å². The SMILES string of the molecule is C=CCSc1nc([O-])c2[n+](n1)C(c1sccc1C)N(C(C)=O)c1ccccc1-2. The van der Waals surface area contributed by atoms with Crippen molar-refractivity contribution in [2.24, 2.45) is 0 Å². The number of aromatic nitrogens is 3. The molecule has 0 fully saturated rings. The van der Waals surface area contributed by atoms with Crippen LogP contribution in [0.3, 0.4) is 0 Å². The molecule has 0 aliphatic carbocycles. The van der Waals surface area contributed by atoms with Crippen molar-refractivity contribution in [1.82, 2.24) is 10.1 Å². The lowest BCUT2D eigenvalue weighted by atomic mass is 10.0. The van der Waals surface area contributed by atoms with Crippen molar-refractivity contribution in [2.75, 3.05) is 10.7 Å². The molecule has 1 aromatic carbocycles. The van der Waals surface area contributed by atoms with E-state index in [4.69, 9.17) is 0 Å². The van der Waals surface area contributed by atoms with Crippen molar-refractivity contribution >= 4 is 34.7 Å². The molecule has 1 aliphatic rings. The highest BCUT2D eigenvalue weighted by molar-refractivity contribution is 7.99. The highest BCUT2D eigenvalue weighted by Crippen LogP contribution is 2.42. The van der Waals surface area contributed by atoms with Gasteiger partial charge in [-0.2, -0.15) is 0 Å². The summed E-state index contributed by atoms with van der Waals surface area (Å²) in [7, 11) is 0. The van der Waals surface area contributed by atoms with Gasteiger partial charge in [0.1, 0.15) is 4.88 Å². The van der Waals surface area contributed by atoms with Crippen LogP contribution in [0.4, 0.5) is 5.69 Å². The minimum atomic E-state index is -0.527. The first-order valence-electron chi connectivity index (χ1n) is 8.70. The summed E-state index contributed by atoms with van der Waals surface area (Å²) in [6.07, 6.45) is 1.21. The maximum atomic E-state index is 13.0. The fourth-order valence-electron chi connectivity index (χ4n) is 3.36. The Balaban J connectivity index is 2.03. The molecule has 28 heavy (non-hydrogen) atoms. The van der Waals surface area contributed by atoms with Crippen LogP contribution in [-0.4, -0.2) is 21.7 Å². The Bertz CT molecular complexity index is 1080. The quantitative estimate of drug-likeness (QED) is 0.375. The molecule has 6 nitrogen and oxygen atoms in total. The fourth-order valence-corrected chi connectivity index (χ4v) is 4.92. The van der Waals surface area contributed by atoms with E-state index < -0.39 is 6.17 Å². The van der Waals surface area contributed by atoms with E-state index >= 15 is 0 Å². The van der Waals surface area contributed by atoms with Gasteiger partial charge in [-0.05, 0) is 36.1 Å². The largest absolute Gasteiger partial charge is 0.854 e. The Morgan fingerprint density at radius 1 is 1.43 bits per heavy atom. The number of carbonyl (C=O) groups excluding carboxylic acids is 1. The van der Waals surface area contributed by atoms with E-state index in [2.05, 4.69) is 16.7 Å². The van der Waals surface area contributed by atoms with E-state index in [0.29, 0.717) is 27.9 Å². The molecule has 0 N–H and O–H groups in total. The standard InChI is InChI=1S/C20H18N4O2S2/c1-4-10-28-20-21-18(26)16-14-7-5-6-8-15(14)23(13(3)25)19(24(16)22-20)17-12(2)9-11-27-17/h4-9,11,19H,1,10H2,2-3H3. The molecule has 2 aromatic heterocycles. The molecule has 0 saturated carbocycles. The molecule has 3 aromatic rings. The molecule has 4 rings (SSSR count). The van der Waals surface area contributed by atoms with Crippen LogP contribution in [0.1, 0.15) is 23.5 Å². The maximum absolute atomic E-state index is 13.0. The number of thioether (sulfide) groups is 1. The van der Waals surface area contributed by atoms with Crippen LogP contribution >= 0.6 is 23.1 Å². The Labute approximate surface area is 171 Å². The number of anilines is 1. The fraction of sp³-hybridized carbons (Fsp3) is 0.200. The van der Waals surface area contributed by atoms with Crippen LogP contribution in [0.15, 0.2) is 53.5 Å². The van der Waals surface area contributed by atoms with E-state index in [1.165, 1.54) is 18.7 Å². The third kappa shape index (κ3) is 2.98. The number of rotatable bonds is 4. The number of hydrogen-bond acceptors (Lipinski definition) is 6. The summed E-state index contributed by atoms with van der Waals surface area (Å²) < 4.78 is 1.66. The molecule has 1 aliphatic heterocycles. The first-order valence-corrected chi connectivity index (χ1v) is 10.6. The van der Waals surface area contributed by atoms with Gasteiger partial charge in [0.15, 0.2) is 0 Å². The normalized spacial score (nSPS) is 15.1. The second-order valence-electron chi connectivity index (χ2n) is 6.34. The maximum Gasteiger partial charge on any atom is 0.302 e. The number of aryl methyl sites for hydroxylation is 1. The summed E-state index contributed by atoms with van der Waals surface area (Å²) in [5.74, 6) is 0.125. The van der Waals surface area contributed by atoms with Gasteiger partial charge in [-0.1, -0.05) is 34.7 Å². The van der Waals surface area contributed by atoms with Crippen molar-refractivity contribution in [1.29, 1.82) is 0 Å². The molecule has 1 unspecified atom stereocenters. The number of amides is 1. The number of thiophene rings is 1. The lowest BCUT2D eigenvalue weighted by molar-refractivity contribution is -0.763. The van der Waals surface area contributed by atoms with Crippen LogP contribution in [0.25, 0.3) is 11.3 Å². The monoisotopic (exact) mass is 410 g/mol. The molecule has 0 radical (unpaired) electrons. The zero-order valence-corrected chi connectivity index (χ0v) is 17.1. The van der Waals surface area contributed by atoms with E-state index in [0.717, 1.165) is 10.4 Å². The number of nitrogens with zero attached hydrogens (tertiary/aromatic N) is 4. The summed E-state index contributed by atoms with van der Waals surface area (Å²) in [5.41, 5.74) is 2.80. The summed E-state index contributed by atoms with van der Waals surface area (Å²) in [6.45, 7) is 7.24. The van der Waals surface area contributed by atoms with E-state index in [-0.39, 0.29) is 11.8 Å². The highest BCUT2D eigenvalue weighted by Gasteiger charge is 2.44. The predicted octanol–water partition coefficient (Wildman–Crippen LogP) is 3.07. The van der Waals surface area contributed by atoms with Gasteiger partial charge in [-0.3, -0.25) is 4.79 Å². The third-order valence-electron chi connectivity index (χ3n) is 4.52. The second kappa shape index (κ2) is 7.37. The molecule has 142 valence electrons. The first-order chi connectivity index (χ1) is 13.5. The van der Waals surface area contributed by atoms with Crippen molar-refractivity contribution < 1.29 is 14.6 Å². The molecule has 8 heteroatoms. The average Bonchev–Trinajstić information content (AvgIpc) is 3.10. The second-order valence-corrected chi connectivity index (χ2v) is 8.27. The van der Waals surface area contributed by atoms with E-state index in [1.807, 2.05) is 42.6 Å². The highest BCUT2D eigenvalue weighted by atomic mass is 32.2. The number of para-hydroxylation sites is 1. The molecule has 1 atom stereocenters. The summed E-state index contributed by atoms with van der Waals surface area (Å²) in [4.78, 5) is 19.5.